The summed E-state index contributed by atoms with van der Waals surface area (Å²) in [4.78, 5) is 30.2. The molecule has 0 unspecified atom stereocenters. The lowest BCUT2D eigenvalue weighted by Crippen LogP contribution is -2.27. The molecule has 146 valence electrons. The van der Waals surface area contributed by atoms with Crippen molar-refractivity contribution < 1.29 is 9.53 Å². The minimum Gasteiger partial charge on any atom is -0.385 e. The van der Waals surface area contributed by atoms with Crippen LogP contribution in [0.1, 0.15) is 13.3 Å². The third kappa shape index (κ3) is 4.79. The second-order valence-corrected chi connectivity index (χ2v) is 7.64. The number of nitrogens with zero attached hydrogens (tertiary/aromatic N) is 2. The zero-order valence-corrected chi connectivity index (χ0v) is 16.7. The van der Waals surface area contributed by atoms with Crippen molar-refractivity contribution in [3.63, 3.8) is 0 Å². The van der Waals surface area contributed by atoms with Crippen molar-refractivity contribution in [3.05, 3.63) is 65.0 Å². The van der Waals surface area contributed by atoms with Gasteiger partial charge in [-0.1, -0.05) is 42.1 Å². The number of aromatic nitrogens is 2. The van der Waals surface area contributed by atoms with Gasteiger partial charge < -0.3 is 10.1 Å². The summed E-state index contributed by atoms with van der Waals surface area (Å²) < 4.78 is 6.75. The van der Waals surface area contributed by atoms with Gasteiger partial charge in [-0.2, -0.15) is 0 Å². The van der Waals surface area contributed by atoms with Gasteiger partial charge in [0.25, 0.3) is 5.56 Å². The summed E-state index contributed by atoms with van der Waals surface area (Å²) in [6.07, 6.45) is 0.689. The van der Waals surface area contributed by atoms with E-state index in [-0.39, 0.29) is 11.5 Å². The summed E-state index contributed by atoms with van der Waals surface area (Å²) in [5.41, 5.74) is 1.28. The lowest BCUT2D eigenvalue weighted by molar-refractivity contribution is -0.115. The minimum absolute atomic E-state index is 0.0973. The molecular formula is C21H23N3O3S. The Balaban J connectivity index is 1.86. The largest absolute Gasteiger partial charge is 0.385 e. The van der Waals surface area contributed by atoms with Crippen molar-refractivity contribution in [1.29, 1.82) is 0 Å². The van der Waals surface area contributed by atoms with E-state index in [4.69, 9.17) is 4.74 Å². The lowest BCUT2D eigenvalue weighted by Gasteiger charge is -2.16. The summed E-state index contributed by atoms with van der Waals surface area (Å²) >= 11 is 1.28. The molecule has 3 rings (SSSR count). The summed E-state index contributed by atoms with van der Waals surface area (Å²) in [6, 6.07) is 16.6. The molecule has 0 bridgehead atoms. The van der Waals surface area contributed by atoms with Gasteiger partial charge in [-0.15, -0.1) is 0 Å². The van der Waals surface area contributed by atoms with Gasteiger partial charge in [-0.3, -0.25) is 14.2 Å². The highest BCUT2D eigenvalue weighted by molar-refractivity contribution is 8.00. The van der Waals surface area contributed by atoms with Gasteiger partial charge in [0.1, 0.15) is 0 Å². The molecule has 6 nitrogen and oxygen atoms in total. The molecule has 3 aromatic rings. The van der Waals surface area contributed by atoms with Gasteiger partial charge in [0.2, 0.25) is 5.91 Å². The monoisotopic (exact) mass is 397 g/mol. The molecule has 1 aromatic heterocycles. The predicted octanol–water partition coefficient (Wildman–Crippen LogP) is 3.55. The first-order valence-corrected chi connectivity index (χ1v) is 9.99. The van der Waals surface area contributed by atoms with Gasteiger partial charge in [0.05, 0.1) is 16.2 Å². The number of methoxy groups -OCH3 is 1. The number of ether oxygens (including phenoxy) is 1. The van der Waals surface area contributed by atoms with Crippen LogP contribution in [-0.2, 0) is 16.1 Å². The van der Waals surface area contributed by atoms with Crippen LogP contribution in [0.2, 0.25) is 0 Å². The summed E-state index contributed by atoms with van der Waals surface area (Å²) in [5, 5.41) is 3.59. The molecule has 28 heavy (non-hydrogen) atoms. The van der Waals surface area contributed by atoms with Gasteiger partial charge in [0.15, 0.2) is 5.16 Å². The molecule has 1 amide bonds. The van der Waals surface area contributed by atoms with Crippen molar-refractivity contribution >= 4 is 34.3 Å². The maximum absolute atomic E-state index is 13.0. The molecule has 1 atom stereocenters. The Bertz CT molecular complexity index is 1000. The lowest BCUT2D eigenvalue weighted by atomic mass is 10.2. The normalized spacial score (nSPS) is 12.1. The zero-order valence-electron chi connectivity index (χ0n) is 15.9. The van der Waals surface area contributed by atoms with Crippen LogP contribution in [0.15, 0.2) is 64.5 Å². The van der Waals surface area contributed by atoms with Crippen LogP contribution < -0.4 is 10.9 Å². The number of thioether (sulfide) groups is 1. The minimum atomic E-state index is -0.415. The second kappa shape index (κ2) is 9.52. The second-order valence-electron chi connectivity index (χ2n) is 6.33. The SMILES string of the molecule is COCCCn1c(S[C@H](C)C(=O)Nc2ccccc2)nc2ccccc2c1=O. The molecule has 0 fully saturated rings. The van der Waals surface area contributed by atoms with Gasteiger partial charge in [-0.25, -0.2) is 4.98 Å². The molecule has 0 saturated heterocycles. The number of fused-ring (bicyclic) bond motifs is 1. The van der Waals surface area contributed by atoms with E-state index in [1.54, 1.807) is 17.7 Å². The Hall–Kier alpha value is -2.64. The van der Waals surface area contributed by atoms with Gasteiger partial charge in [0, 0.05) is 25.9 Å². The van der Waals surface area contributed by atoms with E-state index in [0.29, 0.717) is 35.6 Å². The summed E-state index contributed by atoms with van der Waals surface area (Å²) in [7, 11) is 1.63. The summed E-state index contributed by atoms with van der Waals surface area (Å²) in [5.74, 6) is -0.137. The molecule has 1 N–H and O–H groups in total. The number of nitrogens with one attached hydrogen (secondary N) is 1. The third-order valence-electron chi connectivity index (χ3n) is 4.25. The van der Waals surface area contributed by atoms with E-state index in [9.17, 15) is 9.59 Å². The van der Waals surface area contributed by atoms with Crippen molar-refractivity contribution in [2.24, 2.45) is 0 Å². The van der Waals surface area contributed by atoms with Crippen molar-refractivity contribution in [3.8, 4) is 0 Å². The highest BCUT2D eigenvalue weighted by Gasteiger charge is 2.19. The Kier molecular flexibility index (Phi) is 6.84. The summed E-state index contributed by atoms with van der Waals surface area (Å²) in [6.45, 7) is 2.84. The molecule has 7 heteroatoms. The molecular weight excluding hydrogens is 374 g/mol. The maximum Gasteiger partial charge on any atom is 0.262 e. The fraction of sp³-hybridized carbons (Fsp3) is 0.286. The van der Waals surface area contributed by atoms with E-state index in [2.05, 4.69) is 10.3 Å². The van der Waals surface area contributed by atoms with Crippen LogP contribution in [0, 0.1) is 0 Å². The molecule has 0 aliphatic rings. The fourth-order valence-electron chi connectivity index (χ4n) is 2.78. The number of amides is 1. The zero-order chi connectivity index (χ0) is 19.9. The highest BCUT2D eigenvalue weighted by Crippen LogP contribution is 2.24. The van der Waals surface area contributed by atoms with Crippen LogP contribution in [0.3, 0.4) is 0 Å². The van der Waals surface area contributed by atoms with Crippen LogP contribution in [0.25, 0.3) is 10.9 Å². The molecule has 0 spiro atoms. The topological polar surface area (TPSA) is 73.2 Å². The van der Waals surface area contributed by atoms with Crippen LogP contribution >= 0.6 is 11.8 Å². The number of carbonyl (C=O) groups excluding carboxylic acids is 1. The molecule has 0 radical (unpaired) electrons. The molecule has 1 heterocycles. The number of anilines is 1. The van der Waals surface area contributed by atoms with E-state index in [1.807, 2.05) is 55.5 Å². The Morgan fingerprint density at radius 1 is 1.18 bits per heavy atom. The van der Waals surface area contributed by atoms with E-state index in [1.165, 1.54) is 11.8 Å². The first-order valence-electron chi connectivity index (χ1n) is 9.11. The van der Waals surface area contributed by atoms with Crippen molar-refractivity contribution in [2.75, 3.05) is 19.0 Å². The van der Waals surface area contributed by atoms with Crippen molar-refractivity contribution in [2.45, 2.75) is 30.3 Å². The smallest absolute Gasteiger partial charge is 0.262 e. The Morgan fingerprint density at radius 2 is 1.89 bits per heavy atom. The van der Waals surface area contributed by atoms with Crippen LogP contribution in [0.4, 0.5) is 5.69 Å². The standard InChI is InChI=1S/C21H23N3O3S/c1-15(19(25)22-16-9-4-3-5-10-16)28-21-23-18-12-7-6-11-17(18)20(26)24(21)13-8-14-27-2/h3-7,9-12,15H,8,13-14H2,1-2H3,(H,22,25)/t15-/m1/s1. The number of carbonyl (C=O) groups is 1. The first-order chi connectivity index (χ1) is 13.6. The van der Waals surface area contributed by atoms with E-state index in [0.717, 1.165) is 5.69 Å². The predicted molar refractivity (Wildman–Crippen MR) is 113 cm³/mol. The molecule has 2 aromatic carbocycles. The number of hydrogen-bond acceptors (Lipinski definition) is 5. The quantitative estimate of drug-likeness (QED) is 0.357. The first kappa shape index (κ1) is 20.1. The number of rotatable bonds is 8. The number of para-hydroxylation sites is 2. The van der Waals surface area contributed by atoms with E-state index >= 15 is 0 Å². The number of benzene rings is 2. The molecule has 0 aliphatic heterocycles. The third-order valence-corrected chi connectivity index (χ3v) is 5.34. The Morgan fingerprint density at radius 3 is 2.64 bits per heavy atom. The average Bonchev–Trinajstić information content (AvgIpc) is 2.71. The maximum atomic E-state index is 13.0. The van der Waals surface area contributed by atoms with E-state index < -0.39 is 5.25 Å². The average molecular weight is 398 g/mol. The van der Waals surface area contributed by atoms with Crippen LogP contribution in [0.5, 0.6) is 0 Å². The Labute approximate surface area is 167 Å². The van der Waals surface area contributed by atoms with Gasteiger partial charge >= 0.3 is 0 Å². The van der Waals surface area contributed by atoms with Crippen LogP contribution in [-0.4, -0.2) is 34.4 Å². The van der Waals surface area contributed by atoms with Crippen molar-refractivity contribution in [1.82, 2.24) is 9.55 Å². The molecule has 0 aliphatic carbocycles. The fourth-order valence-corrected chi connectivity index (χ4v) is 3.71. The van der Waals surface area contributed by atoms with Gasteiger partial charge in [-0.05, 0) is 37.6 Å². The number of hydrogen-bond donors (Lipinski definition) is 1. The molecule has 0 saturated carbocycles. The highest BCUT2D eigenvalue weighted by atomic mass is 32.2.